The van der Waals surface area contributed by atoms with Crippen LogP contribution >= 0.6 is 0 Å². The fourth-order valence-corrected chi connectivity index (χ4v) is 5.04. The summed E-state index contributed by atoms with van der Waals surface area (Å²) in [6, 6.07) is 0. The molecule has 0 aromatic rings. The second-order valence-electron chi connectivity index (χ2n) is 7.02. The average molecular weight is 236 g/mol. The van der Waals surface area contributed by atoms with E-state index < -0.39 is 0 Å². The summed E-state index contributed by atoms with van der Waals surface area (Å²) in [6.07, 6.45) is 4.30. The normalized spacial score (nSPS) is 47.5. The Balaban J connectivity index is 2.22. The van der Waals surface area contributed by atoms with Crippen molar-refractivity contribution in [3.05, 3.63) is 11.1 Å². The lowest BCUT2D eigenvalue weighted by Crippen LogP contribution is -2.38. The maximum atomic E-state index is 10.4. The smallest absolute Gasteiger partial charge is 0.0762 e. The molecule has 0 amide bonds. The zero-order valence-corrected chi connectivity index (χ0v) is 11.2. The Labute approximate surface area is 104 Å². The zero-order chi connectivity index (χ0) is 12.4. The van der Waals surface area contributed by atoms with E-state index in [9.17, 15) is 10.2 Å². The third-order valence-corrected chi connectivity index (χ3v) is 6.22. The molecule has 4 atom stereocenters. The minimum atomic E-state index is -0.300. The summed E-state index contributed by atoms with van der Waals surface area (Å²) in [7, 11) is 0. The molecule has 2 N–H and O–H groups in total. The minimum Gasteiger partial charge on any atom is -0.392 e. The van der Waals surface area contributed by atoms with Gasteiger partial charge in [0.1, 0.15) is 0 Å². The Morgan fingerprint density at radius 2 is 2.06 bits per heavy atom. The van der Waals surface area contributed by atoms with E-state index in [1.54, 1.807) is 0 Å². The summed E-state index contributed by atoms with van der Waals surface area (Å²) in [5.41, 5.74) is 2.70. The van der Waals surface area contributed by atoms with Gasteiger partial charge in [-0.05, 0) is 59.5 Å². The molecule has 0 radical (unpaired) electrons. The molecule has 2 saturated carbocycles. The summed E-state index contributed by atoms with van der Waals surface area (Å²) < 4.78 is 0. The van der Waals surface area contributed by atoms with E-state index in [-0.39, 0.29) is 23.5 Å². The predicted molar refractivity (Wildman–Crippen MR) is 67.5 cm³/mol. The van der Waals surface area contributed by atoms with E-state index >= 15 is 0 Å². The van der Waals surface area contributed by atoms with Crippen LogP contribution in [-0.4, -0.2) is 22.9 Å². The van der Waals surface area contributed by atoms with Gasteiger partial charge >= 0.3 is 0 Å². The SMILES string of the molecule is C[C@H]1C[C@@H](O)C2=C(CO)C(C)(C)[C@H]3CC[C@]21C3. The van der Waals surface area contributed by atoms with Gasteiger partial charge in [0.2, 0.25) is 0 Å². The van der Waals surface area contributed by atoms with Gasteiger partial charge in [0.05, 0.1) is 12.7 Å². The quantitative estimate of drug-likeness (QED) is 0.687. The van der Waals surface area contributed by atoms with E-state index in [0.29, 0.717) is 11.8 Å². The van der Waals surface area contributed by atoms with Crippen molar-refractivity contribution >= 4 is 0 Å². The molecular weight excluding hydrogens is 212 g/mol. The van der Waals surface area contributed by atoms with E-state index in [4.69, 9.17) is 0 Å². The first-order valence-corrected chi connectivity index (χ1v) is 6.96. The van der Waals surface area contributed by atoms with E-state index in [2.05, 4.69) is 20.8 Å². The van der Waals surface area contributed by atoms with Crippen molar-refractivity contribution < 1.29 is 10.2 Å². The second kappa shape index (κ2) is 3.36. The highest BCUT2D eigenvalue weighted by Gasteiger charge is 2.60. The summed E-state index contributed by atoms with van der Waals surface area (Å²) in [5.74, 6) is 1.27. The molecule has 17 heavy (non-hydrogen) atoms. The van der Waals surface area contributed by atoms with Gasteiger partial charge in [0.15, 0.2) is 0 Å². The van der Waals surface area contributed by atoms with E-state index in [0.717, 1.165) is 12.0 Å². The van der Waals surface area contributed by atoms with Gasteiger partial charge in [-0.3, -0.25) is 0 Å². The van der Waals surface area contributed by atoms with Gasteiger partial charge in [0, 0.05) is 0 Å². The number of fused-ring (bicyclic) bond motifs is 1. The molecule has 1 spiro atoms. The topological polar surface area (TPSA) is 40.5 Å². The molecule has 2 bridgehead atoms. The van der Waals surface area contributed by atoms with Crippen molar-refractivity contribution in [1.29, 1.82) is 0 Å². The highest BCUT2D eigenvalue weighted by molar-refractivity contribution is 5.40. The minimum absolute atomic E-state index is 0.0785. The largest absolute Gasteiger partial charge is 0.392 e. The van der Waals surface area contributed by atoms with Crippen LogP contribution in [0.1, 0.15) is 46.5 Å². The molecular formula is C15H24O2. The molecule has 2 fully saturated rings. The van der Waals surface area contributed by atoms with Crippen molar-refractivity contribution in [3.8, 4) is 0 Å². The second-order valence-corrected chi connectivity index (χ2v) is 7.02. The Hall–Kier alpha value is -0.340. The third-order valence-electron chi connectivity index (χ3n) is 6.22. The summed E-state index contributed by atoms with van der Waals surface area (Å²) in [5, 5.41) is 20.1. The van der Waals surface area contributed by atoms with Gasteiger partial charge in [-0.1, -0.05) is 20.8 Å². The molecule has 3 aliphatic carbocycles. The highest BCUT2D eigenvalue weighted by atomic mass is 16.3. The Kier molecular flexibility index (Phi) is 2.32. The lowest BCUT2D eigenvalue weighted by atomic mass is 9.60. The number of hydrogen-bond acceptors (Lipinski definition) is 2. The van der Waals surface area contributed by atoms with Crippen LogP contribution in [-0.2, 0) is 0 Å². The first-order chi connectivity index (χ1) is 7.93. The average Bonchev–Trinajstić information content (AvgIpc) is 2.76. The molecule has 0 saturated heterocycles. The summed E-state index contributed by atoms with van der Waals surface area (Å²) in [6.45, 7) is 6.92. The fraction of sp³-hybridized carbons (Fsp3) is 0.867. The number of rotatable bonds is 1. The number of aliphatic hydroxyl groups is 2. The number of hydrogen-bond donors (Lipinski definition) is 2. The monoisotopic (exact) mass is 236 g/mol. The molecule has 0 unspecified atom stereocenters. The highest BCUT2D eigenvalue weighted by Crippen LogP contribution is 2.67. The maximum absolute atomic E-state index is 10.4. The van der Waals surface area contributed by atoms with Gasteiger partial charge < -0.3 is 10.2 Å². The first-order valence-electron chi connectivity index (χ1n) is 6.96. The van der Waals surface area contributed by atoms with Gasteiger partial charge in [0.25, 0.3) is 0 Å². The fourth-order valence-electron chi connectivity index (χ4n) is 5.04. The molecule has 2 heteroatoms. The zero-order valence-electron chi connectivity index (χ0n) is 11.2. The summed E-state index contributed by atoms with van der Waals surface area (Å²) >= 11 is 0. The first kappa shape index (κ1) is 11.7. The molecule has 2 nitrogen and oxygen atoms in total. The predicted octanol–water partition coefficient (Wildman–Crippen LogP) is 2.50. The van der Waals surface area contributed by atoms with E-state index in [1.807, 2.05) is 0 Å². The van der Waals surface area contributed by atoms with Crippen LogP contribution in [0.25, 0.3) is 0 Å². The summed E-state index contributed by atoms with van der Waals surface area (Å²) in [4.78, 5) is 0. The van der Waals surface area contributed by atoms with Crippen molar-refractivity contribution in [3.63, 3.8) is 0 Å². The Morgan fingerprint density at radius 1 is 1.35 bits per heavy atom. The van der Waals surface area contributed by atoms with Crippen molar-refractivity contribution in [2.24, 2.45) is 22.7 Å². The molecule has 3 aliphatic rings. The van der Waals surface area contributed by atoms with Crippen LogP contribution in [0.5, 0.6) is 0 Å². The number of aliphatic hydroxyl groups excluding tert-OH is 2. The van der Waals surface area contributed by atoms with Crippen LogP contribution in [0.2, 0.25) is 0 Å². The van der Waals surface area contributed by atoms with Gasteiger partial charge in [-0.15, -0.1) is 0 Å². The standard InChI is InChI=1S/C15H24O2/c1-9-6-12(17)13-11(8-16)14(2,3)10-4-5-15(9,13)7-10/h9-10,12,16-17H,4-8H2,1-3H3/t9-,10-,12+,15+/m0/s1. The lowest BCUT2D eigenvalue weighted by molar-refractivity contribution is 0.152. The van der Waals surface area contributed by atoms with Crippen LogP contribution in [0.15, 0.2) is 11.1 Å². The molecule has 3 rings (SSSR count). The van der Waals surface area contributed by atoms with Crippen LogP contribution < -0.4 is 0 Å². The van der Waals surface area contributed by atoms with Crippen molar-refractivity contribution in [2.45, 2.75) is 52.6 Å². The van der Waals surface area contributed by atoms with E-state index in [1.165, 1.54) is 24.8 Å². The van der Waals surface area contributed by atoms with Crippen LogP contribution in [0.3, 0.4) is 0 Å². The van der Waals surface area contributed by atoms with Gasteiger partial charge in [-0.2, -0.15) is 0 Å². The Bertz CT molecular complexity index is 382. The molecule has 0 heterocycles. The molecule has 0 aliphatic heterocycles. The van der Waals surface area contributed by atoms with Crippen LogP contribution in [0, 0.1) is 22.7 Å². The van der Waals surface area contributed by atoms with Gasteiger partial charge in [-0.25, -0.2) is 0 Å². The third kappa shape index (κ3) is 1.23. The lowest BCUT2D eigenvalue weighted by Gasteiger charge is -2.45. The maximum Gasteiger partial charge on any atom is 0.0762 e. The van der Waals surface area contributed by atoms with Crippen molar-refractivity contribution in [2.75, 3.05) is 6.61 Å². The molecule has 0 aromatic carbocycles. The molecule has 96 valence electrons. The van der Waals surface area contributed by atoms with Crippen LogP contribution in [0.4, 0.5) is 0 Å². The Morgan fingerprint density at radius 3 is 2.71 bits per heavy atom. The van der Waals surface area contributed by atoms with Crippen molar-refractivity contribution in [1.82, 2.24) is 0 Å². The molecule has 0 aromatic heterocycles.